The minimum atomic E-state index is 0. The Morgan fingerprint density at radius 1 is 0.400 bits per heavy atom. The summed E-state index contributed by atoms with van der Waals surface area (Å²) in [6.45, 7) is 0. The van der Waals surface area contributed by atoms with Crippen LogP contribution in [0.3, 0.4) is 0 Å². The van der Waals surface area contributed by atoms with Gasteiger partial charge in [-0.15, -0.1) is 0 Å². The van der Waals surface area contributed by atoms with Gasteiger partial charge in [0.2, 0.25) is 0 Å². The van der Waals surface area contributed by atoms with Gasteiger partial charge in [0.1, 0.15) is 0 Å². The second-order valence-electron chi connectivity index (χ2n) is 0. The molecule has 0 rings (SSSR count). The van der Waals surface area contributed by atoms with Gasteiger partial charge in [0, 0.05) is 34.7 Å². The van der Waals surface area contributed by atoms with Crippen molar-refractivity contribution >= 4 is 40.5 Å². The van der Waals surface area contributed by atoms with Crippen molar-refractivity contribution in [2.24, 2.45) is 0 Å². The minimum absolute atomic E-state index is 0. The number of hydrogen-bond donors (Lipinski definition) is 0. The molecule has 0 aromatic carbocycles. The van der Waals surface area contributed by atoms with E-state index in [-0.39, 0.29) is 75.2 Å². The van der Waals surface area contributed by atoms with Gasteiger partial charge in [-0.1, -0.05) is 0 Å². The van der Waals surface area contributed by atoms with Gasteiger partial charge in [-0.2, -0.15) is 40.5 Å². The molecule has 0 N–H and O–H groups in total. The molecule has 0 aliphatic carbocycles. The summed E-state index contributed by atoms with van der Waals surface area (Å²) in [5.74, 6) is 0. The molecule has 0 aliphatic rings. The predicted octanol–water partition coefficient (Wildman–Crippen LogP) is 0.333. The molecule has 0 nitrogen and oxygen atoms in total. The fourth-order valence-electron chi connectivity index (χ4n) is 0. The van der Waals surface area contributed by atoms with E-state index in [4.69, 9.17) is 0 Å². The van der Waals surface area contributed by atoms with Gasteiger partial charge < -0.3 is 0 Å². The second-order valence-corrected chi connectivity index (χ2v) is 0. The number of hydrogen-bond acceptors (Lipinski definition) is 0. The van der Waals surface area contributed by atoms with Crippen molar-refractivity contribution in [3.05, 3.63) is 0 Å². The molecule has 0 aromatic heterocycles. The Morgan fingerprint density at radius 2 is 0.400 bits per heavy atom. The van der Waals surface area contributed by atoms with Gasteiger partial charge >= 0.3 is 0 Å². The summed E-state index contributed by atoms with van der Waals surface area (Å²) in [5, 5.41) is 0. The summed E-state index contributed by atoms with van der Waals surface area (Å²) < 4.78 is 0. The van der Waals surface area contributed by atoms with Crippen molar-refractivity contribution < 1.29 is 34.7 Å². The molecule has 0 amide bonds. The Balaban J connectivity index is 0. The van der Waals surface area contributed by atoms with Crippen molar-refractivity contribution in [3.63, 3.8) is 0 Å². The number of rotatable bonds is 0. The maximum atomic E-state index is 0. The van der Waals surface area contributed by atoms with Crippen LogP contribution in [0.1, 0.15) is 0 Å². The molecule has 0 heterocycles. The molecule has 0 aromatic rings. The van der Waals surface area contributed by atoms with Gasteiger partial charge in [-0.3, -0.25) is 0 Å². The molecule has 0 atom stereocenters. The second kappa shape index (κ2) is 35.8. The zero-order valence-electron chi connectivity index (χ0n) is 2.32. The maximum Gasteiger partial charge on any atom is 0 e. The molecule has 5 heavy (non-hydrogen) atoms. The average molecular weight is 206 g/mol. The fraction of sp³-hybridized carbons (Fsp3) is 0. The Hall–Kier alpha value is 2.11. The van der Waals surface area contributed by atoms with Crippen LogP contribution in [0.2, 0.25) is 0 Å². The summed E-state index contributed by atoms with van der Waals surface area (Å²) in [4.78, 5) is 0. The minimum Gasteiger partial charge on any atom is -0.197 e. The van der Waals surface area contributed by atoms with Crippen LogP contribution in [-0.2, 0) is 34.7 Å². The average Bonchev–Trinajstić information content (AvgIpc) is 0. The third-order valence-electron chi connectivity index (χ3n) is 0. The SMILES string of the molecule is S.S.S.[Cr].[Cr]. The predicted molar refractivity (Wildman–Crippen MR) is 31.1 cm³/mol. The van der Waals surface area contributed by atoms with Crippen molar-refractivity contribution in [1.29, 1.82) is 0 Å². The van der Waals surface area contributed by atoms with E-state index in [0.29, 0.717) is 0 Å². The van der Waals surface area contributed by atoms with Crippen LogP contribution in [0, 0.1) is 0 Å². The van der Waals surface area contributed by atoms with E-state index in [1.54, 1.807) is 0 Å². The molecule has 0 spiro atoms. The van der Waals surface area contributed by atoms with E-state index < -0.39 is 0 Å². The normalized spacial score (nSPS) is 0. The zero-order chi connectivity index (χ0) is 0. The molecule has 0 saturated carbocycles. The summed E-state index contributed by atoms with van der Waals surface area (Å²) in [6, 6.07) is 0. The first-order chi connectivity index (χ1) is 0. The maximum absolute atomic E-state index is 0. The molecule has 0 aliphatic heterocycles. The third kappa shape index (κ3) is 23.1. The molecule has 0 radical (unpaired) electrons. The van der Waals surface area contributed by atoms with Crippen LogP contribution in [0.5, 0.6) is 0 Å². The standard InChI is InChI=1S/2Cr.3H2S/h;;3*1H2. The molecule has 5 heteroatoms. The van der Waals surface area contributed by atoms with E-state index in [9.17, 15) is 0 Å². The first-order valence-electron chi connectivity index (χ1n) is 0. The largest absolute Gasteiger partial charge is 0.197 e. The molecule has 0 bridgehead atoms. The molecular weight excluding hydrogens is 200 g/mol. The molecular formula is H6Cr2S3. The van der Waals surface area contributed by atoms with Crippen molar-refractivity contribution in [3.8, 4) is 0 Å². The first kappa shape index (κ1) is 59.5. The van der Waals surface area contributed by atoms with Crippen LogP contribution in [0.25, 0.3) is 0 Å². The molecule has 0 unspecified atom stereocenters. The van der Waals surface area contributed by atoms with Gasteiger partial charge in [0.15, 0.2) is 0 Å². The Kier molecular flexibility index (Phi) is 425. The summed E-state index contributed by atoms with van der Waals surface area (Å²) in [5.41, 5.74) is 0. The van der Waals surface area contributed by atoms with Crippen LogP contribution in [0.15, 0.2) is 0 Å². The van der Waals surface area contributed by atoms with Crippen LogP contribution in [-0.4, -0.2) is 0 Å². The van der Waals surface area contributed by atoms with Crippen LogP contribution in [0.4, 0.5) is 0 Å². The van der Waals surface area contributed by atoms with E-state index in [1.165, 1.54) is 0 Å². The zero-order valence-corrected chi connectivity index (χ0v) is 7.87. The van der Waals surface area contributed by atoms with Gasteiger partial charge in [0.05, 0.1) is 0 Å². The topological polar surface area (TPSA) is 0 Å². The fourth-order valence-corrected chi connectivity index (χ4v) is 0. The Morgan fingerprint density at radius 3 is 0.400 bits per heavy atom. The van der Waals surface area contributed by atoms with Crippen LogP contribution >= 0.6 is 40.5 Å². The monoisotopic (exact) mass is 206 g/mol. The van der Waals surface area contributed by atoms with Crippen molar-refractivity contribution in [1.82, 2.24) is 0 Å². The van der Waals surface area contributed by atoms with E-state index in [0.717, 1.165) is 0 Å². The Bertz CT molecular complexity index is 4.85. The Labute approximate surface area is 74.7 Å². The van der Waals surface area contributed by atoms with E-state index >= 15 is 0 Å². The quantitative estimate of drug-likeness (QED) is 0.536. The molecule has 0 saturated heterocycles. The van der Waals surface area contributed by atoms with Gasteiger partial charge in [0.25, 0.3) is 0 Å². The van der Waals surface area contributed by atoms with Crippen molar-refractivity contribution in [2.45, 2.75) is 0 Å². The van der Waals surface area contributed by atoms with E-state index in [2.05, 4.69) is 0 Å². The first-order valence-corrected chi connectivity index (χ1v) is 0. The van der Waals surface area contributed by atoms with Gasteiger partial charge in [-0.25, -0.2) is 0 Å². The van der Waals surface area contributed by atoms with Crippen molar-refractivity contribution in [2.75, 3.05) is 0 Å². The third-order valence-corrected chi connectivity index (χ3v) is 0. The molecule has 0 fully saturated rings. The summed E-state index contributed by atoms with van der Waals surface area (Å²) >= 11 is 0. The molecule has 36 valence electrons. The van der Waals surface area contributed by atoms with E-state index in [1.807, 2.05) is 0 Å². The van der Waals surface area contributed by atoms with Gasteiger partial charge in [-0.05, 0) is 0 Å². The summed E-state index contributed by atoms with van der Waals surface area (Å²) in [6.07, 6.45) is 0. The summed E-state index contributed by atoms with van der Waals surface area (Å²) in [7, 11) is 0. The smallest absolute Gasteiger partial charge is 0 e. The van der Waals surface area contributed by atoms with Crippen LogP contribution < -0.4 is 0 Å².